The molecular weight excluding hydrogens is 428 g/mol. The first-order chi connectivity index (χ1) is 16.5. The average Bonchev–Trinajstić information content (AvgIpc) is 3.39. The maximum atomic E-state index is 13.2. The standard InChI is InChI=1S/C28H34N2O4/c1-3-28-20-8-9-22(30(2)24(32)11-6-18-12-13-33-16-18)27(28)34-26-23(31)10-7-19(25(26)28)14-21(20)29-15-17-4-5-17/h6-7,10-13,16-17,20-22,27,29,31H,3-5,8-9,14-15H2,1-2H3. The Morgan fingerprint density at radius 1 is 1.26 bits per heavy atom. The highest BCUT2D eigenvalue weighted by molar-refractivity contribution is 5.91. The van der Waals surface area contributed by atoms with E-state index in [0.29, 0.717) is 17.7 Å². The fourth-order valence-corrected chi connectivity index (χ4v) is 7.01. The summed E-state index contributed by atoms with van der Waals surface area (Å²) in [7, 11) is 1.88. The number of likely N-dealkylation sites (N-methyl/N-ethyl adjacent to an activating group) is 1. The molecule has 2 heterocycles. The van der Waals surface area contributed by atoms with Crippen LogP contribution < -0.4 is 10.1 Å². The van der Waals surface area contributed by atoms with E-state index in [1.807, 2.05) is 18.0 Å². The van der Waals surface area contributed by atoms with E-state index in [-0.39, 0.29) is 29.2 Å². The van der Waals surface area contributed by atoms with Crippen molar-refractivity contribution >= 4 is 12.0 Å². The third kappa shape index (κ3) is 3.29. The molecule has 2 fully saturated rings. The van der Waals surface area contributed by atoms with E-state index in [0.717, 1.165) is 43.7 Å². The van der Waals surface area contributed by atoms with Crippen LogP contribution in [0.3, 0.4) is 0 Å². The van der Waals surface area contributed by atoms with Gasteiger partial charge in [-0.25, -0.2) is 0 Å². The lowest BCUT2D eigenvalue weighted by atomic mass is 9.53. The van der Waals surface area contributed by atoms with Crippen LogP contribution in [0.5, 0.6) is 11.5 Å². The van der Waals surface area contributed by atoms with Crippen molar-refractivity contribution in [3.63, 3.8) is 0 Å². The molecule has 1 aromatic carbocycles. The Labute approximate surface area is 201 Å². The number of aromatic hydroxyl groups is 1. The van der Waals surface area contributed by atoms with Gasteiger partial charge in [0.15, 0.2) is 11.5 Å². The van der Waals surface area contributed by atoms with Crippen LogP contribution in [0, 0.1) is 11.8 Å². The molecule has 6 heteroatoms. The largest absolute Gasteiger partial charge is 0.504 e. The van der Waals surface area contributed by atoms with Gasteiger partial charge in [-0.2, -0.15) is 0 Å². The summed E-state index contributed by atoms with van der Waals surface area (Å²) in [5.74, 6) is 2.08. The van der Waals surface area contributed by atoms with Gasteiger partial charge in [-0.1, -0.05) is 13.0 Å². The minimum atomic E-state index is -0.200. The van der Waals surface area contributed by atoms with Gasteiger partial charge < -0.3 is 24.5 Å². The summed E-state index contributed by atoms with van der Waals surface area (Å²) in [4.78, 5) is 15.0. The molecule has 34 heavy (non-hydrogen) atoms. The van der Waals surface area contributed by atoms with Crippen LogP contribution in [0.1, 0.15) is 55.7 Å². The summed E-state index contributed by atoms with van der Waals surface area (Å²) in [5.41, 5.74) is 3.16. The van der Waals surface area contributed by atoms with Crippen LogP contribution in [-0.4, -0.2) is 47.7 Å². The number of rotatable bonds is 7. The van der Waals surface area contributed by atoms with Crippen molar-refractivity contribution in [3.8, 4) is 11.5 Å². The molecule has 0 bridgehead atoms. The number of benzene rings is 1. The van der Waals surface area contributed by atoms with Crippen molar-refractivity contribution in [2.75, 3.05) is 13.6 Å². The fraction of sp³-hybridized carbons (Fsp3) is 0.536. The molecule has 0 radical (unpaired) electrons. The summed E-state index contributed by atoms with van der Waals surface area (Å²) >= 11 is 0. The zero-order valence-electron chi connectivity index (χ0n) is 20.0. The average molecular weight is 463 g/mol. The number of hydrogen-bond donors (Lipinski definition) is 2. The van der Waals surface area contributed by atoms with Gasteiger partial charge in [0, 0.05) is 35.7 Å². The van der Waals surface area contributed by atoms with Gasteiger partial charge in [-0.05, 0) is 80.7 Å². The number of phenols is 1. The van der Waals surface area contributed by atoms with E-state index in [9.17, 15) is 9.90 Å². The van der Waals surface area contributed by atoms with E-state index in [4.69, 9.17) is 9.15 Å². The van der Waals surface area contributed by atoms with E-state index < -0.39 is 0 Å². The highest BCUT2D eigenvalue weighted by Gasteiger charge is 2.63. The quantitative estimate of drug-likeness (QED) is 0.601. The van der Waals surface area contributed by atoms with Crippen LogP contribution in [0.25, 0.3) is 6.08 Å². The van der Waals surface area contributed by atoms with Gasteiger partial charge in [0.1, 0.15) is 6.10 Å². The number of phenolic OH excluding ortho intramolecular Hbond substituents is 1. The molecule has 1 aromatic heterocycles. The zero-order valence-corrected chi connectivity index (χ0v) is 20.0. The molecule has 1 amide bonds. The molecular formula is C28H34N2O4. The Morgan fingerprint density at radius 2 is 2.12 bits per heavy atom. The third-order valence-electron chi connectivity index (χ3n) is 8.91. The zero-order chi connectivity index (χ0) is 23.4. The van der Waals surface area contributed by atoms with Crippen molar-refractivity contribution in [2.45, 2.75) is 69.1 Å². The van der Waals surface area contributed by atoms with Gasteiger partial charge in [0.25, 0.3) is 0 Å². The number of nitrogens with zero attached hydrogens (tertiary/aromatic N) is 1. The Balaban J connectivity index is 1.34. The normalized spacial score (nSPS) is 31.4. The molecule has 0 saturated heterocycles. The minimum Gasteiger partial charge on any atom is -0.504 e. The second kappa shape index (κ2) is 8.19. The lowest BCUT2D eigenvalue weighted by molar-refractivity contribution is -0.132. The molecule has 5 atom stereocenters. The molecule has 2 aromatic rings. The summed E-state index contributed by atoms with van der Waals surface area (Å²) in [6, 6.07) is 6.05. The van der Waals surface area contributed by atoms with Crippen molar-refractivity contribution < 1.29 is 19.1 Å². The van der Waals surface area contributed by atoms with E-state index in [1.54, 1.807) is 30.7 Å². The van der Waals surface area contributed by atoms with Crippen LogP contribution in [-0.2, 0) is 16.6 Å². The summed E-state index contributed by atoms with van der Waals surface area (Å²) in [5, 5.41) is 14.7. The highest BCUT2D eigenvalue weighted by Crippen LogP contribution is 2.62. The van der Waals surface area contributed by atoms with Crippen LogP contribution in [0.2, 0.25) is 0 Å². The van der Waals surface area contributed by atoms with Gasteiger partial charge in [-0.15, -0.1) is 0 Å². The van der Waals surface area contributed by atoms with Crippen LogP contribution >= 0.6 is 0 Å². The Kier molecular flexibility index (Phi) is 5.25. The molecule has 5 unspecified atom stereocenters. The second-order valence-electron chi connectivity index (χ2n) is 10.6. The first-order valence-electron chi connectivity index (χ1n) is 12.7. The van der Waals surface area contributed by atoms with Crippen LogP contribution in [0.15, 0.2) is 41.2 Å². The molecule has 180 valence electrons. The molecule has 6 nitrogen and oxygen atoms in total. The highest BCUT2D eigenvalue weighted by atomic mass is 16.5. The maximum absolute atomic E-state index is 13.2. The predicted octanol–water partition coefficient (Wildman–Crippen LogP) is 4.27. The topological polar surface area (TPSA) is 74.9 Å². The van der Waals surface area contributed by atoms with E-state index in [1.165, 1.54) is 24.0 Å². The van der Waals surface area contributed by atoms with Crippen molar-refractivity contribution in [3.05, 3.63) is 53.5 Å². The molecule has 3 aliphatic carbocycles. The molecule has 6 rings (SSSR count). The fourth-order valence-electron chi connectivity index (χ4n) is 7.01. The molecule has 0 spiro atoms. The van der Waals surface area contributed by atoms with Crippen molar-refractivity contribution in [1.29, 1.82) is 0 Å². The van der Waals surface area contributed by atoms with Crippen molar-refractivity contribution in [1.82, 2.24) is 10.2 Å². The number of ether oxygens (including phenoxy) is 1. The molecule has 2 saturated carbocycles. The van der Waals surface area contributed by atoms with Crippen molar-refractivity contribution in [2.24, 2.45) is 11.8 Å². The smallest absolute Gasteiger partial charge is 0.246 e. The summed E-state index contributed by atoms with van der Waals surface area (Å²) in [6.45, 7) is 3.34. The van der Waals surface area contributed by atoms with Crippen LogP contribution in [0.4, 0.5) is 0 Å². The SMILES string of the molecule is CCC12c3c4ccc(O)c3OC1C(N(C)C(=O)C=Cc1ccoc1)CCC2C(NCC1CC1)C4. The second-order valence-corrected chi connectivity index (χ2v) is 10.6. The predicted molar refractivity (Wildman–Crippen MR) is 130 cm³/mol. The number of nitrogens with one attached hydrogen (secondary N) is 1. The lowest BCUT2D eigenvalue weighted by Gasteiger charge is -2.54. The van der Waals surface area contributed by atoms with Gasteiger partial charge >= 0.3 is 0 Å². The Bertz CT molecular complexity index is 1110. The van der Waals surface area contributed by atoms with Gasteiger partial charge in [-0.3, -0.25) is 4.79 Å². The maximum Gasteiger partial charge on any atom is 0.246 e. The monoisotopic (exact) mass is 462 g/mol. The number of carbonyl (C=O) groups is 1. The summed E-state index contributed by atoms with van der Waals surface area (Å²) < 4.78 is 11.7. The van der Waals surface area contributed by atoms with Gasteiger partial charge in [0.05, 0.1) is 18.6 Å². The number of furan rings is 1. The van der Waals surface area contributed by atoms with Gasteiger partial charge in [0.2, 0.25) is 5.91 Å². The number of carbonyl (C=O) groups excluding carboxylic acids is 1. The van der Waals surface area contributed by atoms with E-state index in [2.05, 4.69) is 18.3 Å². The lowest BCUT2D eigenvalue weighted by Crippen LogP contribution is -2.65. The number of hydrogen-bond acceptors (Lipinski definition) is 5. The van der Waals surface area contributed by atoms with E-state index >= 15 is 0 Å². The third-order valence-corrected chi connectivity index (χ3v) is 8.91. The summed E-state index contributed by atoms with van der Waals surface area (Å²) in [6.07, 6.45) is 13.0. The minimum absolute atomic E-state index is 0.0425. The number of amides is 1. The molecule has 1 aliphatic heterocycles. The molecule has 2 N–H and O–H groups in total. The Hall–Kier alpha value is -2.73. The first kappa shape index (κ1) is 21.8. The molecule has 4 aliphatic rings. The Morgan fingerprint density at radius 3 is 2.85 bits per heavy atom. The first-order valence-corrected chi connectivity index (χ1v) is 12.7.